The molecule has 0 saturated carbocycles. The Kier molecular flexibility index (Phi) is 5.68. The Bertz CT molecular complexity index is 1130. The van der Waals surface area contributed by atoms with Crippen molar-refractivity contribution in [2.75, 3.05) is 12.4 Å². The molecule has 3 aromatic rings. The molecule has 0 aliphatic heterocycles. The highest BCUT2D eigenvalue weighted by molar-refractivity contribution is 6.04. The number of hydrogen-bond donors (Lipinski definition) is 1. The number of nitrogens with one attached hydrogen (secondary N) is 1. The molecule has 0 atom stereocenters. The second-order valence-corrected chi connectivity index (χ2v) is 6.11. The van der Waals surface area contributed by atoms with E-state index in [1.807, 2.05) is 0 Å². The van der Waals surface area contributed by atoms with Crippen LogP contribution in [0, 0.1) is 15.9 Å². The predicted molar refractivity (Wildman–Crippen MR) is 104 cm³/mol. The minimum absolute atomic E-state index is 0.132. The first kappa shape index (κ1) is 19.7. The van der Waals surface area contributed by atoms with Gasteiger partial charge in [-0.15, -0.1) is 0 Å². The van der Waals surface area contributed by atoms with Crippen molar-refractivity contribution < 1.29 is 18.8 Å². The SMILES string of the molecule is COc1cc([N+](=O)[O-])ccc1NC(=O)c1ccc(=O)n(Cc2ccc(F)cc2)c1. The average Bonchev–Trinajstić information content (AvgIpc) is 2.71. The first-order valence-electron chi connectivity index (χ1n) is 8.46. The standard InChI is InChI=1S/C20H16FN3O5/c1-29-18-10-16(24(27)28)7-8-17(18)22-20(26)14-4-9-19(25)23(12-14)11-13-2-5-15(21)6-3-13/h2-10,12H,11H2,1H3,(H,22,26). The van der Waals surface area contributed by atoms with E-state index in [1.54, 1.807) is 12.1 Å². The molecule has 0 fully saturated rings. The van der Waals surface area contributed by atoms with E-state index in [0.29, 0.717) is 5.56 Å². The molecule has 1 N–H and O–H groups in total. The summed E-state index contributed by atoms with van der Waals surface area (Å²) in [5, 5.41) is 13.5. The quantitative estimate of drug-likeness (QED) is 0.508. The highest BCUT2D eigenvalue weighted by atomic mass is 19.1. The van der Waals surface area contributed by atoms with Crippen molar-refractivity contribution in [3.05, 3.63) is 98.2 Å². The van der Waals surface area contributed by atoms with Gasteiger partial charge in [-0.3, -0.25) is 19.7 Å². The Morgan fingerprint density at radius 1 is 1.17 bits per heavy atom. The lowest BCUT2D eigenvalue weighted by atomic mass is 10.2. The summed E-state index contributed by atoms with van der Waals surface area (Å²) in [6.45, 7) is 0.168. The molecule has 0 aliphatic carbocycles. The van der Waals surface area contributed by atoms with Crippen molar-refractivity contribution in [3.8, 4) is 5.75 Å². The first-order chi connectivity index (χ1) is 13.9. The van der Waals surface area contributed by atoms with Gasteiger partial charge in [0.25, 0.3) is 17.2 Å². The zero-order valence-electron chi connectivity index (χ0n) is 15.3. The maximum atomic E-state index is 13.0. The Hall–Kier alpha value is -4.01. The van der Waals surface area contributed by atoms with Crippen LogP contribution in [0.1, 0.15) is 15.9 Å². The van der Waals surface area contributed by atoms with Crippen LogP contribution in [0.5, 0.6) is 5.75 Å². The molecule has 2 aromatic carbocycles. The van der Waals surface area contributed by atoms with Crippen LogP contribution in [0.25, 0.3) is 0 Å². The lowest BCUT2D eigenvalue weighted by Gasteiger charge is -2.11. The van der Waals surface area contributed by atoms with Gasteiger partial charge >= 0.3 is 0 Å². The van der Waals surface area contributed by atoms with Gasteiger partial charge < -0.3 is 14.6 Å². The first-order valence-corrected chi connectivity index (χ1v) is 8.46. The zero-order valence-corrected chi connectivity index (χ0v) is 15.3. The molecule has 0 radical (unpaired) electrons. The van der Waals surface area contributed by atoms with Gasteiger partial charge in [-0.25, -0.2) is 4.39 Å². The third-order valence-corrected chi connectivity index (χ3v) is 4.16. The van der Waals surface area contributed by atoms with Crippen LogP contribution >= 0.6 is 0 Å². The number of benzene rings is 2. The summed E-state index contributed by atoms with van der Waals surface area (Å²) in [6.07, 6.45) is 1.39. The van der Waals surface area contributed by atoms with Crippen molar-refractivity contribution in [1.29, 1.82) is 0 Å². The summed E-state index contributed by atoms with van der Waals surface area (Å²) in [6, 6.07) is 12.1. The van der Waals surface area contributed by atoms with Gasteiger partial charge in [-0.2, -0.15) is 0 Å². The predicted octanol–water partition coefficient (Wildman–Crippen LogP) is 3.20. The molecule has 0 bridgehead atoms. The number of aromatic nitrogens is 1. The van der Waals surface area contributed by atoms with Crippen molar-refractivity contribution in [2.45, 2.75) is 6.54 Å². The summed E-state index contributed by atoms with van der Waals surface area (Å²) < 4.78 is 19.5. The number of pyridine rings is 1. The average molecular weight is 397 g/mol. The van der Waals surface area contributed by atoms with E-state index in [4.69, 9.17) is 4.74 Å². The van der Waals surface area contributed by atoms with Crippen LogP contribution in [0.2, 0.25) is 0 Å². The normalized spacial score (nSPS) is 10.4. The number of non-ortho nitro benzene ring substituents is 1. The number of anilines is 1. The minimum Gasteiger partial charge on any atom is -0.494 e. The van der Waals surface area contributed by atoms with E-state index in [1.165, 1.54) is 60.3 Å². The molecule has 1 aromatic heterocycles. The summed E-state index contributed by atoms with van der Waals surface area (Å²) in [7, 11) is 1.33. The van der Waals surface area contributed by atoms with Gasteiger partial charge in [0, 0.05) is 18.3 Å². The van der Waals surface area contributed by atoms with Gasteiger partial charge in [0.1, 0.15) is 11.6 Å². The number of halogens is 1. The van der Waals surface area contributed by atoms with E-state index in [9.17, 15) is 24.1 Å². The number of amides is 1. The Balaban J connectivity index is 1.84. The van der Waals surface area contributed by atoms with E-state index >= 15 is 0 Å². The number of carbonyl (C=O) groups excluding carboxylic acids is 1. The third-order valence-electron chi connectivity index (χ3n) is 4.16. The van der Waals surface area contributed by atoms with Crippen LogP contribution < -0.4 is 15.6 Å². The number of rotatable bonds is 6. The highest BCUT2D eigenvalue weighted by Crippen LogP contribution is 2.29. The van der Waals surface area contributed by atoms with E-state index < -0.39 is 10.8 Å². The zero-order chi connectivity index (χ0) is 21.0. The second-order valence-electron chi connectivity index (χ2n) is 6.11. The van der Waals surface area contributed by atoms with Crippen LogP contribution in [-0.2, 0) is 6.54 Å². The molecule has 3 rings (SSSR count). The fourth-order valence-electron chi connectivity index (χ4n) is 2.67. The van der Waals surface area contributed by atoms with E-state index in [2.05, 4.69) is 5.32 Å². The summed E-state index contributed by atoms with van der Waals surface area (Å²) in [4.78, 5) is 35.0. The number of hydrogen-bond acceptors (Lipinski definition) is 5. The number of nitro benzene ring substituents is 1. The van der Waals surface area contributed by atoms with Crippen LogP contribution in [0.15, 0.2) is 65.6 Å². The highest BCUT2D eigenvalue weighted by Gasteiger charge is 2.15. The Morgan fingerprint density at radius 3 is 2.55 bits per heavy atom. The number of nitro groups is 1. The Labute approximate surface area is 164 Å². The smallest absolute Gasteiger partial charge is 0.273 e. The van der Waals surface area contributed by atoms with Gasteiger partial charge in [0.15, 0.2) is 0 Å². The molecule has 29 heavy (non-hydrogen) atoms. The molecule has 0 unspecified atom stereocenters. The van der Waals surface area contributed by atoms with Crippen molar-refractivity contribution in [2.24, 2.45) is 0 Å². The molecule has 0 saturated heterocycles. The summed E-state index contributed by atoms with van der Waals surface area (Å²) >= 11 is 0. The largest absolute Gasteiger partial charge is 0.494 e. The fraction of sp³-hybridized carbons (Fsp3) is 0.100. The van der Waals surface area contributed by atoms with Crippen molar-refractivity contribution >= 4 is 17.3 Å². The molecule has 9 heteroatoms. The monoisotopic (exact) mass is 397 g/mol. The van der Waals surface area contributed by atoms with Crippen LogP contribution in [0.4, 0.5) is 15.8 Å². The molecular formula is C20H16FN3O5. The van der Waals surface area contributed by atoms with Gasteiger partial charge in [0.2, 0.25) is 0 Å². The maximum Gasteiger partial charge on any atom is 0.273 e. The summed E-state index contributed by atoms with van der Waals surface area (Å²) in [5.41, 5.74) is 0.654. The van der Waals surface area contributed by atoms with Crippen molar-refractivity contribution in [1.82, 2.24) is 4.57 Å². The Morgan fingerprint density at radius 2 is 1.90 bits per heavy atom. The number of ether oxygens (including phenoxy) is 1. The maximum absolute atomic E-state index is 13.0. The molecule has 148 valence electrons. The lowest BCUT2D eigenvalue weighted by Crippen LogP contribution is -2.22. The van der Waals surface area contributed by atoms with Gasteiger partial charge in [0.05, 0.1) is 35.9 Å². The number of methoxy groups -OCH3 is 1. The molecule has 0 aliphatic rings. The number of carbonyl (C=O) groups is 1. The van der Waals surface area contributed by atoms with E-state index in [-0.39, 0.29) is 40.6 Å². The summed E-state index contributed by atoms with van der Waals surface area (Å²) in [5.74, 6) is -0.775. The minimum atomic E-state index is -0.570. The fourth-order valence-corrected chi connectivity index (χ4v) is 2.67. The number of nitrogens with zero attached hydrogens (tertiary/aromatic N) is 2. The van der Waals surface area contributed by atoms with Crippen molar-refractivity contribution in [3.63, 3.8) is 0 Å². The lowest BCUT2D eigenvalue weighted by molar-refractivity contribution is -0.384. The molecule has 0 spiro atoms. The molecule has 1 heterocycles. The van der Waals surface area contributed by atoms with Crippen LogP contribution in [0.3, 0.4) is 0 Å². The van der Waals surface area contributed by atoms with E-state index in [0.717, 1.165) is 0 Å². The second kappa shape index (κ2) is 8.34. The van der Waals surface area contributed by atoms with Gasteiger partial charge in [-0.1, -0.05) is 12.1 Å². The van der Waals surface area contributed by atoms with Gasteiger partial charge in [-0.05, 0) is 29.8 Å². The third kappa shape index (κ3) is 4.64. The van der Waals surface area contributed by atoms with Crippen LogP contribution in [-0.4, -0.2) is 22.5 Å². The molecule has 8 nitrogen and oxygen atoms in total. The molecular weight excluding hydrogens is 381 g/mol. The topological polar surface area (TPSA) is 103 Å². The molecule has 1 amide bonds.